The lowest BCUT2D eigenvalue weighted by Gasteiger charge is -2.06. The SMILES string of the molecule is Cc1cc(N)nc(SCC(=O)Nc2ccc(SC(F)F)cc2)n1. The number of nitrogens with zero attached hydrogens (tertiary/aromatic N) is 2. The Bertz CT molecular complexity index is 663. The minimum atomic E-state index is -2.46. The van der Waals surface area contributed by atoms with Gasteiger partial charge in [0.05, 0.1) is 5.75 Å². The van der Waals surface area contributed by atoms with Crippen molar-refractivity contribution >= 4 is 40.9 Å². The second-order valence-corrected chi connectivity index (χ2v) is 6.46. The van der Waals surface area contributed by atoms with Crippen LogP contribution in [0.3, 0.4) is 0 Å². The summed E-state index contributed by atoms with van der Waals surface area (Å²) in [6, 6.07) is 7.86. The summed E-state index contributed by atoms with van der Waals surface area (Å²) in [5.74, 6) is -2.23. The highest BCUT2D eigenvalue weighted by Crippen LogP contribution is 2.26. The number of rotatable bonds is 6. The molecule has 1 heterocycles. The van der Waals surface area contributed by atoms with Crippen molar-refractivity contribution in [2.45, 2.75) is 22.7 Å². The number of thioether (sulfide) groups is 2. The topological polar surface area (TPSA) is 80.9 Å². The number of hydrogen-bond donors (Lipinski definition) is 2. The van der Waals surface area contributed by atoms with Gasteiger partial charge in [-0.3, -0.25) is 4.79 Å². The normalized spacial score (nSPS) is 10.8. The number of nitrogens with two attached hydrogens (primary N) is 1. The number of hydrogen-bond acceptors (Lipinski definition) is 6. The van der Waals surface area contributed by atoms with Crippen LogP contribution in [0.25, 0.3) is 0 Å². The lowest BCUT2D eigenvalue weighted by Crippen LogP contribution is -2.14. The van der Waals surface area contributed by atoms with E-state index in [1.807, 2.05) is 0 Å². The Morgan fingerprint density at radius 2 is 2.00 bits per heavy atom. The number of alkyl halides is 2. The van der Waals surface area contributed by atoms with Crippen LogP contribution in [0, 0.1) is 6.92 Å². The Morgan fingerprint density at radius 1 is 1.30 bits per heavy atom. The maximum Gasteiger partial charge on any atom is 0.288 e. The first-order valence-corrected chi connectivity index (χ1v) is 8.37. The first-order chi connectivity index (χ1) is 10.9. The highest BCUT2D eigenvalue weighted by molar-refractivity contribution is 8.00. The van der Waals surface area contributed by atoms with Crippen LogP contribution < -0.4 is 11.1 Å². The second-order valence-electron chi connectivity index (χ2n) is 4.46. The molecule has 0 unspecified atom stereocenters. The number of aromatic nitrogens is 2. The number of anilines is 2. The summed E-state index contributed by atoms with van der Waals surface area (Å²) in [6.45, 7) is 1.79. The molecule has 3 N–H and O–H groups in total. The molecule has 0 saturated heterocycles. The molecule has 2 aromatic rings. The number of halogens is 2. The summed E-state index contributed by atoms with van der Waals surface area (Å²) >= 11 is 1.63. The molecule has 0 spiro atoms. The van der Waals surface area contributed by atoms with Gasteiger partial charge in [-0.2, -0.15) is 8.78 Å². The Labute approximate surface area is 140 Å². The number of carbonyl (C=O) groups is 1. The van der Waals surface area contributed by atoms with E-state index >= 15 is 0 Å². The van der Waals surface area contributed by atoms with Crippen LogP contribution in [0.4, 0.5) is 20.3 Å². The first kappa shape index (κ1) is 17.5. The molecular weight excluding hydrogens is 342 g/mol. The molecule has 0 atom stereocenters. The van der Waals surface area contributed by atoms with Crippen molar-refractivity contribution in [3.63, 3.8) is 0 Å². The number of carbonyl (C=O) groups excluding carboxylic acids is 1. The molecule has 0 aliphatic rings. The van der Waals surface area contributed by atoms with Crippen molar-refractivity contribution in [3.8, 4) is 0 Å². The van der Waals surface area contributed by atoms with Crippen LogP contribution in [-0.4, -0.2) is 27.4 Å². The van der Waals surface area contributed by atoms with Crippen molar-refractivity contribution in [1.82, 2.24) is 9.97 Å². The Morgan fingerprint density at radius 3 is 2.61 bits per heavy atom. The van der Waals surface area contributed by atoms with Gasteiger partial charge in [-0.25, -0.2) is 9.97 Å². The number of nitrogens with one attached hydrogen (secondary N) is 1. The van der Waals surface area contributed by atoms with Gasteiger partial charge in [0.2, 0.25) is 5.91 Å². The van der Waals surface area contributed by atoms with Crippen molar-refractivity contribution < 1.29 is 13.6 Å². The van der Waals surface area contributed by atoms with Gasteiger partial charge in [-0.15, -0.1) is 0 Å². The molecule has 1 amide bonds. The average Bonchev–Trinajstić information content (AvgIpc) is 2.46. The van der Waals surface area contributed by atoms with E-state index in [9.17, 15) is 13.6 Å². The smallest absolute Gasteiger partial charge is 0.288 e. The monoisotopic (exact) mass is 356 g/mol. The van der Waals surface area contributed by atoms with Gasteiger partial charge in [0.25, 0.3) is 5.76 Å². The van der Waals surface area contributed by atoms with Gasteiger partial charge >= 0.3 is 0 Å². The van der Waals surface area contributed by atoms with E-state index in [1.165, 1.54) is 23.9 Å². The van der Waals surface area contributed by atoms with Gasteiger partial charge in [-0.05, 0) is 31.2 Å². The van der Waals surface area contributed by atoms with E-state index in [1.54, 1.807) is 25.1 Å². The molecular formula is C14H14F2N4OS2. The number of aryl methyl sites for hydroxylation is 1. The van der Waals surface area contributed by atoms with E-state index in [2.05, 4.69) is 15.3 Å². The van der Waals surface area contributed by atoms with Crippen molar-refractivity contribution in [1.29, 1.82) is 0 Å². The van der Waals surface area contributed by atoms with Gasteiger partial charge < -0.3 is 11.1 Å². The van der Waals surface area contributed by atoms with E-state index in [0.29, 0.717) is 33.3 Å². The molecule has 0 aliphatic heterocycles. The predicted octanol–water partition coefficient (Wildman–Crippen LogP) is 3.41. The summed E-state index contributed by atoms with van der Waals surface area (Å²) in [7, 11) is 0. The standard InChI is InChI=1S/C14H14F2N4OS2/c1-8-6-11(17)20-14(18-8)22-7-12(21)19-9-2-4-10(5-3-9)23-13(15)16/h2-6,13H,7H2,1H3,(H,19,21)(H2,17,18,20). The minimum Gasteiger partial charge on any atom is -0.384 e. The molecule has 2 rings (SSSR count). The molecule has 122 valence electrons. The van der Waals surface area contributed by atoms with Gasteiger partial charge in [0.15, 0.2) is 5.16 Å². The van der Waals surface area contributed by atoms with Gasteiger partial charge in [0, 0.05) is 22.3 Å². The molecule has 0 radical (unpaired) electrons. The Hall–Kier alpha value is -1.87. The molecule has 0 fully saturated rings. The van der Waals surface area contributed by atoms with E-state index in [0.717, 1.165) is 5.69 Å². The highest BCUT2D eigenvalue weighted by atomic mass is 32.2. The van der Waals surface area contributed by atoms with Crippen molar-refractivity contribution in [3.05, 3.63) is 36.0 Å². The summed E-state index contributed by atoms with van der Waals surface area (Å²) in [6.07, 6.45) is 0. The fourth-order valence-electron chi connectivity index (χ4n) is 1.68. The largest absolute Gasteiger partial charge is 0.384 e. The van der Waals surface area contributed by atoms with Gasteiger partial charge in [0.1, 0.15) is 5.82 Å². The quantitative estimate of drug-likeness (QED) is 0.610. The van der Waals surface area contributed by atoms with Crippen molar-refractivity contribution in [2.75, 3.05) is 16.8 Å². The fourth-order valence-corrected chi connectivity index (χ4v) is 2.89. The molecule has 1 aromatic heterocycles. The van der Waals surface area contributed by atoms with Crippen LogP contribution >= 0.6 is 23.5 Å². The summed E-state index contributed by atoms with van der Waals surface area (Å²) in [4.78, 5) is 20.5. The maximum absolute atomic E-state index is 12.2. The number of amides is 1. The third-order valence-corrected chi connectivity index (χ3v) is 4.12. The molecule has 0 saturated carbocycles. The molecule has 5 nitrogen and oxygen atoms in total. The van der Waals surface area contributed by atoms with Crippen molar-refractivity contribution in [2.24, 2.45) is 0 Å². The number of nitrogen functional groups attached to an aromatic ring is 1. The summed E-state index contributed by atoms with van der Waals surface area (Å²) in [5.41, 5.74) is 6.89. The molecule has 9 heteroatoms. The lowest BCUT2D eigenvalue weighted by molar-refractivity contribution is -0.113. The third kappa shape index (κ3) is 6.03. The lowest BCUT2D eigenvalue weighted by atomic mass is 10.3. The number of benzene rings is 1. The zero-order valence-electron chi connectivity index (χ0n) is 12.1. The summed E-state index contributed by atoms with van der Waals surface area (Å²) < 4.78 is 24.4. The van der Waals surface area contributed by atoms with Crippen LogP contribution in [0.5, 0.6) is 0 Å². The van der Waals surface area contributed by atoms with Crippen LogP contribution in [-0.2, 0) is 4.79 Å². The van der Waals surface area contributed by atoms with Gasteiger partial charge in [-0.1, -0.05) is 23.5 Å². The molecule has 1 aromatic carbocycles. The third-order valence-electron chi connectivity index (χ3n) is 2.55. The molecule has 0 aliphatic carbocycles. The highest BCUT2D eigenvalue weighted by Gasteiger charge is 2.08. The van der Waals surface area contributed by atoms with Crippen LogP contribution in [0.2, 0.25) is 0 Å². The molecule has 0 bridgehead atoms. The predicted molar refractivity (Wildman–Crippen MR) is 88.8 cm³/mol. The van der Waals surface area contributed by atoms with E-state index < -0.39 is 5.76 Å². The van der Waals surface area contributed by atoms with Crippen LogP contribution in [0.15, 0.2) is 40.4 Å². The Balaban J connectivity index is 1.87. The Kier molecular flexibility index (Phi) is 6.17. The second kappa shape index (κ2) is 8.11. The first-order valence-electron chi connectivity index (χ1n) is 6.51. The van der Waals surface area contributed by atoms with E-state index in [4.69, 9.17) is 5.73 Å². The minimum absolute atomic E-state index is 0.121. The van der Waals surface area contributed by atoms with Crippen LogP contribution in [0.1, 0.15) is 5.69 Å². The molecule has 23 heavy (non-hydrogen) atoms. The summed E-state index contributed by atoms with van der Waals surface area (Å²) in [5, 5.41) is 3.11. The zero-order chi connectivity index (χ0) is 16.8. The maximum atomic E-state index is 12.2. The van der Waals surface area contributed by atoms with E-state index in [-0.39, 0.29) is 11.7 Å². The zero-order valence-corrected chi connectivity index (χ0v) is 13.8. The average molecular weight is 356 g/mol. The fraction of sp³-hybridized carbons (Fsp3) is 0.214.